The highest BCUT2D eigenvalue weighted by Gasteiger charge is 2.23. The van der Waals surface area contributed by atoms with E-state index in [0.717, 1.165) is 16.5 Å². The Morgan fingerprint density at radius 3 is 2.63 bits per heavy atom. The quantitative estimate of drug-likeness (QED) is 0.895. The van der Waals surface area contributed by atoms with Gasteiger partial charge in [-0.05, 0) is 30.2 Å². The number of nitrogens with zero attached hydrogens (tertiary/aromatic N) is 1. The first-order valence-corrected chi connectivity index (χ1v) is 6.80. The zero-order chi connectivity index (χ0) is 13.8. The summed E-state index contributed by atoms with van der Waals surface area (Å²) in [5.41, 5.74) is 7.62. The van der Waals surface area contributed by atoms with Crippen LogP contribution in [0.5, 0.6) is 0 Å². The van der Waals surface area contributed by atoms with Crippen molar-refractivity contribution in [3.8, 4) is 0 Å². The number of halogens is 1. The minimum absolute atomic E-state index is 0.0908. The molecule has 3 heteroatoms. The summed E-state index contributed by atoms with van der Waals surface area (Å²) in [6.45, 7) is 4.44. The maximum absolute atomic E-state index is 14.4. The number of aromatic nitrogens is 1. The van der Waals surface area contributed by atoms with Crippen LogP contribution in [0.25, 0.3) is 10.9 Å². The summed E-state index contributed by atoms with van der Waals surface area (Å²) in [5.74, 6) is 0.167. The van der Waals surface area contributed by atoms with E-state index in [0.29, 0.717) is 13.0 Å². The SMILES string of the molecule is CC(C)C(CN)C(F)Cc1ccnc2ccccc12. The summed E-state index contributed by atoms with van der Waals surface area (Å²) in [6, 6.07) is 9.77. The van der Waals surface area contributed by atoms with Gasteiger partial charge in [0.05, 0.1) is 5.52 Å². The van der Waals surface area contributed by atoms with Crippen molar-refractivity contribution >= 4 is 10.9 Å². The van der Waals surface area contributed by atoms with E-state index in [1.807, 2.05) is 44.2 Å². The Bertz CT molecular complexity index is 534. The number of hydrogen-bond donors (Lipinski definition) is 1. The molecule has 0 amide bonds. The van der Waals surface area contributed by atoms with Crippen molar-refractivity contribution in [3.05, 3.63) is 42.1 Å². The molecule has 0 bridgehead atoms. The highest BCUT2D eigenvalue weighted by molar-refractivity contribution is 5.81. The van der Waals surface area contributed by atoms with E-state index < -0.39 is 6.17 Å². The van der Waals surface area contributed by atoms with Gasteiger partial charge in [0.1, 0.15) is 6.17 Å². The summed E-state index contributed by atoms with van der Waals surface area (Å²) in [7, 11) is 0. The van der Waals surface area contributed by atoms with Crippen LogP contribution in [0.4, 0.5) is 4.39 Å². The molecule has 1 aromatic heterocycles. The number of fused-ring (bicyclic) bond motifs is 1. The first-order chi connectivity index (χ1) is 9.13. The van der Waals surface area contributed by atoms with E-state index in [1.165, 1.54) is 0 Å². The average Bonchev–Trinajstić information content (AvgIpc) is 2.39. The van der Waals surface area contributed by atoms with Gasteiger partial charge >= 0.3 is 0 Å². The van der Waals surface area contributed by atoms with Crippen LogP contribution >= 0.6 is 0 Å². The van der Waals surface area contributed by atoms with Crippen molar-refractivity contribution in [2.75, 3.05) is 6.54 Å². The molecule has 0 aliphatic heterocycles. The van der Waals surface area contributed by atoms with Gasteiger partial charge in [-0.25, -0.2) is 4.39 Å². The molecule has 2 unspecified atom stereocenters. The molecule has 2 atom stereocenters. The first-order valence-electron chi connectivity index (χ1n) is 6.80. The monoisotopic (exact) mass is 260 g/mol. The molecule has 19 heavy (non-hydrogen) atoms. The molecule has 2 N–H and O–H groups in total. The molecule has 0 fully saturated rings. The standard InChI is InChI=1S/C16H21FN2/c1-11(2)14(10-18)15(17)9-12-7-8-19-16-6-4-3-5-13(12)16/h3-8,11,14-15H,9-10,18H2,1-2H3. The average molecular weight is 260 g/mol. The number of rotatable bonds is 5. The van der Waals surface area contributed by atoms with Crippen LogP contribution in [-0.4, -0.2) is 17.7 Å². The Kier molecular flexibility index (Phi) is 4.48. The van der Waals surface area contributed by atoms with Gasteiger partial charge in [0.25, 0.3) is 0 Å². The minimum atomic E-state index is -0.907. The summed E-state index contributed by atoms with van der Waals surface area (Å²) < 4.78 is 14.4. The fraction of sp³-hybridized carbons (Fsp3) is 0.438. The largest absolute Gasteiger partial charge is 0.330 e. The van der Waals surface area contributed by atoms with Crippen LogP contribution in [0.15, 0.2) is 36.5 Å². The lowest BCUT2D eigenvalue weighted by molar-refractivity contribution is 0.186. The molecule has 0 spiro atoms. The third kappa shape index (κ3) is 3.10. The van der Waals surface area contributed by atoms with E-state index >= 15 is 0 Å². The van der Waals surface area contributed by atoms with E-state index in [9.17, 15) is 4.39 Å². The molecule has 0 aliphatic carbocycles. The van der Waals surface area contributed by atoms with Crippen LogP contribution in [0, 0.1) is 11.8 Å². The Balaban J connectivity index is 2.26. The number of benzene rings is 1. The lowest BCUT2D eigenvalue weighted by Crippen LogP contribution is -2.30. The summed E-state index contributed by atoms with van der Waals surface area (Å²) in [5, 5.41) is 1.03. The lowest BCUT2D eigenvalue weighted by Gasteiger charge is -2.23. The van der Waals surface area contributed by atoms with Crippen molar-refractivity contribution in [3.63, 3.8) is 0 Å². The zero-order valence-corrected chi connectivity index (χ0v) is 11.5. The number of nitrogens with two attached hydrogens (primary N) is 1. The van der Waals surface area contributed by atoms with Gasteiger partial charge in [-0.1, -0.05) is 32.0 Å². The molecule has 1 aromatic carbocycles. The van der Waals surface area contributed by atoms with E-state index in [-0.39, 0.29) is 11.8 Å². The molecular weight excluding hydrogens is 239 g/mol. The second-order valence-corrected chi connectivity index (χ2v) is 5.35. The van der Waals surface area contributed by atoms with Crippen molar-refractivity contribution in [1.29, 1.82) is 0 Å². The molecule has 0 aliphatic rings. The first kappa shape index (κ1) is 13.9. The molecule has 2 aromatic rings. The van der Waals surface area contributed by atoms with Gasteiger partial charge < -0.3 is 5.73 Å². The van der Waals surface area contributed by atoms with E-state index in [1.54, 1.807) is 6.20 Å². The van der Waals surface area contributed by atoms with Crippen LogP contribution in [0.1, 0.15) is 19.4 Å². The fourth-order valence-electron chi connectivity index (χ4n) is 2.53. The van der Waals surface area contributed by atoms with Crippen LogP contribution < -0.4 is 5.73 Å². The Morgan fingerprint density at radius 2 is 1.95 bits per heavy atom. The predicted octanol–water partition coefficient (Wildman–Crippen LogP) is 3.35. The lowest BCUT2D eigenvalue weighted by atomic mass is 9.87. The smallest absolute Gasteiger partial charge is 0.108 e. The topological polar surface area (TPSA) is 38.9 Å². The zero-order valence-electron chi connectivity index (χ0n) is 11.5. The van der Waals surface area contributed by atoms with Gasteiger partial charge in [0.15, 0.2) is 0 Å². The highest BCUT2D eigenvalue weighted by Crippen LogP contribution is 2.24. The molecule has 2 nitrogen and oxygen atoms in total. The predicted molar refractivity (Wildman–Crippen MR) is 77.7 cm³/mol. The maximum Gasteiger partial charge on any atom is 0.108 e. The fourth-order valence-corrected chi connectivity index (χ4v) is 2.53. The van der Waals surface area contributed by atoms with Gasteiger partial charge in [-0.2, -0.15) is 0 Å². The second-order valence-electron chi connectivity index (χ2n) is 5.35. The third-order valence-electron chi connectivity index (χ3n) is 3.75. The third-order valence-corrected chi connectivity index (χ3v) is 3.75. The molecule has 0 saturated carbocycles. The van der Waals surface area contributed by atoms with E-state index in [2.05, 4.69) is 4.98 Å². The Morgan fingerprint density at radius 1 is 1.21 bits per heavy atom. The summed E-state index contributed by atoms with van der Waals surface area (Å²) >= 11 is 0. The van der Waals surface area contributed by atoms with Crippen molar-refractivity contribution in [1.82, 2.24) is 4.98 Å². The van der Waals surface area contributed by atoms with Crippen molar-refractivity contribution in [2.45, 2.75) is 26.4 Å². The van der Waals surface area contributed by atoms with Crippen molar-refractivity contribution < 1.29 is 4.39 Å². The Hall–Kier alpha value is -1.48. The number of pyridine rings is 1. The van der Waals surface area contributed by atoms with Gasteiger partial charge in [0, 0.05) is 23.9 Å². The van der Waals surface area contributed by atoms with Crippen molar-refractivity contribution in [2.24, 2.45) is 17.6 Å². The van der Waals surface area contributed by atoms with E-state index in [4.69, 9.17) is 5.73 Å². The number of alkyl halides is 1. The molecule has 0 radical (unpaired) electrons. The van der Waals surface area contributed by atoms with Gasteiger partial charge in [-0.15, -0.1) is 0 Å². The number of hydrogen-bond acceptors (Lipinski definition) is 2. The molecule has 0 saturated heterocycles. The minimum Gasteiger partial charge on any atom is -0.330 e. The Labute approximate surface area is 113 Å². The van der Waals surface area contributed by atoms with Crippen LogP contribution in [-0.2, 0) is 6.42 Å². The molecule has 1 heterocycles. The molecule has 2 rings (SSSR count). The second kappa shape index (κ2) is 6.11. The maximum atomic E-state index is 14.4. The van der Waals surface area contributed by atoms with Gasteiger partial charge in [0.2, 0.25) is 0 Å². The van der Waals surface area contributed by atoms with Crippen LogP contribution in [0.3, 0.4) is 0 Å². The number of para-hydroxylation sites is 1. The molecular formula is C16H21FN2. The molecule has 102 valence electrons. The van der Waals surface area contributed by atoms with Crippen LogP contribution in [0.2, 0.25) is 0 Å². The van der Waals surface area contributed by atoms with Gasteiger partial charge in [-0.3, -0.25) is 4.98 Å². The summed E-state index contributed by atoms with van der Waals surface area (Å²) in [6.07, 6.45) is 1.25. The highest BCUT2D eigenvalue weighted by atomic mass is 19.1. The normalized spacial score (nSPS) is 14.8. The summed E-state index contributed by atoms with van der Waals surface area (Å²) in [4.78, 5) is 4.30.